The van der Waals surface area contributed by atoms with E-state index in [4.69, 9.17) is 0 Å². The Labute approximate surface area is 134 Å². The molecule has 0 unspecified atom stereocenters. The molecule has 0 aliphatic rings. The molecule has 0 saturated heterocycles. The number of rotatable bonds is 6. The molecule has 4 heteroatoms. The van der Waals surface area contributed by atoms with Crippen molar-refractivity contribution in [1.29, 1.82) is 0 Å². The Kier molecular flexibility index (Phi) is 6.30. The highest BCUT2D eigenvalue weighted by Gasteiger charge is 2.24. The van der Waals surface area contributed by atoms with Gasteiger partial charge < -0.3 is 9.80 Å². The van der Waals surface area contributed by atoms with Crippen LogP contribution in [0.1, 0.15) is 36.7 Å². The molecule has 0 aromatic heterocycles. The number of nitrogens with zero attached hydrogens (tertiary/aromatic N) is 2. The lowest BCUT2D eigenvalue weighted by Crippen LogP contribution is -2.34. The second-order valence-corrected chi connectivity index (χ2v) is 7.04. The lowest BCUT2D eigenvalue weighted by atomic mass is 9.86. The summed E-state index contributed by atoms with van der Waals surface area (Å²) in [5, 5.41) is 0. The van der Waals surface area contributed by atoms with Gasteiger partial charge in [0.25, 0.3) is 5.91 Å². The van der Waals surface area contributed by atoms with Crippen LogP contribution in [0.15, 0.2) is 24.3 Å². The Bertz CT molecular complexity index is 530. The van der Waals surface area contributed by atoms with Gasteiger partial charge in [0.2, 0.25) is 0 Å². The van der Waals surface area contributed by atoms with E-state index in [1.54, 1.807) is 18.0 Å². The van der Waals surface area contributed by atoms with Crippen molar-refractivity contribution in [1.82, 2.24) is 9.80 Å². The zero-order chi connectivity index (χ0) is 16.9. The zero-order valence-electron chi connectivity index (χ0n) is 14.6. The summed E-state index contributed by atoms with van der Waals surface area (Å²) >= 11 is 0. The first kappa shape index (κ1) is 18.4. The van der Waals surface area contributed by atoms with Crippen LogP contribution in [0.25, 0.3) is 0 Å². The fourth-order valence-electron chi connectivity index (χ4n) is 1.98. The highest BCUT2D eigenvalue weighted by atomic mass is 16.2. The maximum absolute atomic E-state index is 12.6. The number of carbonyl (C=O) groups excluding carboxylic acids is 2. The molecule has 1 rings (SSSR count). The molecule has 1 aromatic carbocycles. The topological polar surface area (TPSA) is 40.6 Å². The molecule has 0 aliphatic carbocycles. The van der Waals surface area contributed by atoms with Crippen LogP contribution in [0.3, 0.4) is 0 Å². The van der Waals surface area contributed by atoms with Gasteiger partial charge in [-0.05, 0) is 25.7 Å². The maximum atomic E-state index is 12.6. The van der Waals surface area contributed by atoms with Crippen molar-refractivity contribution in [2.24, 2.45) is 5.41 Å². The molecule has 0 fully saturated rings. The minimum Gasteiger partial charge on any atom is -0.340 e. The largest absolute Gasteiger partial charge is 0.340 e. The Morgan fingerprint density at radius 3 is 2.14 bits per heavy atom. The summed E-state index contributed by atoms with van der Waals surface area (Å²) in [6.07, 6.45) is 0.299. The lowest BCUT2D eigenvalue weighted by Gasteiger charge is -2.22. The lowest BCUT2D eigenvalue weighted by molar-refractivity contribution is -0.125. The third kappa shape index (κ3) is 5.26. The van der Waals surface area contributed by atoms with Crippen molar-refractivity contribution in [3.05, 3.63) is 35.4 Å². The first-order chi connectivity index (χ1) is 10.1. The number of carbonyl (C=O) groups is 2. The molecular weight excluding hydrogens is 276 g/mol. The molecule has 0 spiro atoms. The summed E-state index contributed by atoms with van der Waals surface area (Å²) < 4.78 is 0. The van der Waals surface area contributed by atoms with Crippen LogP contribution < -0.4 is 0 Å². The smallest absolute Gasteiger partial charge is 0.253 e. The third-order valence-electron chi connectivity index (χ3n) is 3.66. The molecule has 4 nitrogen and oxygen atoms in total. The van der Waals surface area contributed by atoms with Crippen LogP contribution in [0.5, 0.6) is 0 Å². The van der Waals surface area contributed by atoms with Gasteiger partial charge in [-0.25, -0.2) is 0 Å². The van der Waals surface area contributed by atoms with Gasteiger partial charge in [0.1, 0.15) is 5.78 Å². The summed E-state index contributed by atoms with van der Waals surface area (Å²) in [7, 11) is 5.76. The van der Waals surface area contributed by atoms with Gasteiger partial charge >= 0.3 is 0 Å². The third-order valence-corrected chi connectivity index (χ3v) is 3.66. The number of hydrogen-bond donors (Lipinski definition) is 0. The summed E-state index contributed by atoms with van der Waals surface area (Å²) in [4.78, 5) is 28.6. The highest BCUT2D eigenvalue weighted by molar-refractivity contribution is 5.97. The van der Waals surface area contributed by atoms with Crippen LogP contribution >= 0.6 is 0 Å². The summed E-state index contributed by atoms with van der Waals surface area (Å²) in [5.74, 6) is 0.114. The van der Waals surface area contributed by atoms with E-state index in [0.29, 0.717) is 18.5 Å². The standard InChI is InChI=1S/C18H28N2O2/c1-18(2,3)16(21)13-14-9-7-8-10-15(14)17(22)20(6)12-11-19(4)5/h7-10H,11-13H2,1-6H3. The second-order valence-electron chi connectivity index (χ2n) is 7.04. The molecule has 122 valence electrons. The van der Waals surface area contributed by atoms with E-state index in [0.717, 1.165) is 12.1 Å². The SMILES string of the molecule is CN(C)CCN(C)C(=O)c1ccccc1CC(=O)C(C)(C)C. The van der Waals surface area contributed by atoms with E-state index in [1.165, 1.54) is 0 Å². The second kappa shape index (κ2) is 7.54. The normalized spacial score (nSPS) is 11.6. The van der Waals surface area contributed by atoms with E-state index in [1.807, 2.05) is 58.0 Å². The van der Waals surface area contributed by atoms with Crippen molar-refractivity contribution in [2.75, 3.05) is 34.2 Å². The van der Waals surface area contributed by atoms with Gasteiger partial charge in [-0.2, -0.15) is 0 Å². The number of hydrogen-bond acceptors (Lipinski definition) is 3. The maximum Gasteiger partial charge on any atom is 0.253 e. The first-order valence-corrected chi connectivity index (χ1v) is 7.64. The molecule has 0 saturated carbocycles. The van der Waals surface area contributed by atoms with Crippen molar-refractivity contribution >= 4 is 11.7 Å². The van der Waals surface area contributed by atoms with Crippen molar-refractivity contribution in [2.45, 2.75) is 27.2 Å². The van der Waals surface area contributed by atoms with Crippen LogP contribution in [-0.2, 0) is 11.2 Å². The van der Waals surface area contributed by atoms with Gasteiger partial charge in [-0.3, -0.25) is 9.59 Å². The van der Waals surface area contributed by atoms with Crippen molar-refractivity contribution in [3.63, 3.8) is 0 Å². The molecule has 0 aliphatic heterocycles. The predicted octanol–water partition coefficient (Wildman–Crippen LogP) is 2.48. The van der Waals surface area contributed by atoms with Gasteiger partial charge in [0.05, 0.1) is 0 Å². The fraction of sp³-hybridized carbons (Fsp3) is 0.556. The van der Waals surface area contributed by atoms with Crippen molar-refractivity contribution < 1.29 is 9.59 Å². The minimum atomic E-state index is -0.396. The number of amides is 1. The number of Topliss-reactive ketones (excluding diaryl/α,β-unsaturated/α-hetero) is 1. The molecule has 0 N–H and O–H groups in total. The molecule has 22 heavy (non-hydrogen) atoms. The monoisotopic (exact) mass is 304 g/mol. The first-order valence-electron chi connectivity index (χ1n) is 7.64. The van der Waals surface area contributed by atoms with E-state index >= 15 is 0 Å². The molecule has 0 radical (unpaired) electrons. The van der Waals surface area contributed by atoms with Crippen molar-refractivity contribution in [3.8, 4) is 0 Å². The van der Waals surface area contributed by atoms with Crippen LogP contribution in [-0.4, -0.2) is 55.7 Å². The average molecular weight is 304 g/mol. The van der Waals surface area contributed by atoms with Gasteiger partial charge in [-0.1, -0.05) is 39.0 Å². The molecule has 0 heterocycles. The quantitative estimate of drug-likeness (QED) is 0.810. The van der Waals surface area contributed by atoms with Crippen LogP contribution in [0, 0.1) is 5.41 Å². The van der Waals surface area contributed by atoms with Gasteiger partial charge in [-0.15, -0.1) is 0 Å². The number of likely N-dealkylation sites (N-methyl/N-ethyl adjacent to an activating group) is 2. The average Bonchev–Trinajstić information content (AvgIpc) is 2.43. The number of ketones is 1. The van der Waals surface area contributed by atoms with Gasteiger partial charge in [0.15, 0.2) is 0 Å². The molecule has 1 amide bonds. The molecule has 0 atom stereocenters. The summed E-state index contributed by atoms with van der Waals surface area (Å²) in [6, 6.07) is 7.40. The zero-order valence-corrected chi connectivity index (χ0v) is 14.6. The summed E-state index contributed by atoms with van der Waals surface area (Å²) in [5.41, 5.74) is 1.04. The van der Waals surface area contributed by atoms with Gasteiger partial charge in [0, 0.05) is 37.5 Å². The van der Waals surface area contributed by atoms with E-state index < -0.39 is 5.41 Å². The molecule has 1 aromatic rings. The van der Waals surface area contributed by atoms with E-state index in [9.17, 15) is 9.59 Å². The summed E-state index contributed by atoms with van der Waals surface area (Å²) in [6.45, 7) is 7.19. The molecule has 0 bridgehead atoms. The van der Waals surface area contributed by atoms with E-state index in [2.05, 4.69) is 0 Å². The Morgan fingerprint density at radius 1 is 1.00 bits per heavy atom. The Morgan fingerprint density at radius 2 is 1.59 bits per heavy atom. The predicted molar refractivity (Wildman–Crippen MR) is 90.1 cm³/mol. The minimum absolute atomic E-state index is 0.0286. The van der Waals surface area contributed by atoms with Crippen LogP contribution in [0.2, 0.25) is 0 Å². The Hall–Kier alpha value is -1.68. The van der Waals surface area contributed by atoms with E-state index in [-0.39, 0.29) is 11.7 Å². The number of benzene rings is 1. The Balaban J connectivity index is 2.91. The van der Waals surface area contributed by atoms with Crippen LogP contribution in [0.4, 0.5) is 0 Å². The highest BCUT2D eigenvalue weighted by Crippen LogP contribution is 2.20. The molecular formula is C18H28N2O2. The fourth-order valence-corrected chi connectivity index (χ4v) is 1.98.